The molecule has 1 saturated heterocycles. The van der Waals surface area contributed by atoms with Gasteiger partial charge in [0.1, 0.15) is 5.70 Å². The summed E-state index contributed by atoms with van der Waals surface area (Å²) in [6.07, 6.45) is 2.48. The standard InChI is InChI=1S/C23H30ClN5O5/c1-4-27(5-2)19(31)12-26-6-7-28(25)16-9-14(8-15(24)10-16)17-11-18-20(13(3)30)22(32)29(18)21(17)23(33)34/h6-10,13,18,20,26,30H,4-5,11-12,25H2,1-3H3,(H,33,34)/b7-6-/t13-,18?,20?/m1/s1. The van der Waals surface area contributed by atoms with Crippen LogP contribution in [0.1, 0.15) is 32.8 Å². The van der Waals surface area contributed by atoms with Gasteiger partial charge in [-0.05, 0) is 56.5 Å². The number of carbonyl (C=O) groups is 3. The van der Waals surface area contributed by atoms with Crippen LogP contribution in [0.3, 0.4) is 0 Å². The first-order valence-electron chi connectivity index (χ1n) is 11.1. The Kier molecular flexibility index (Phi) is 7.86. The average molecular weight is 492 g/mol. The van der Waals surface area contributed by atoms with Crippen LogP contribution in [0, 0.1) is 5.92 Å². The van der Waals surface area contributed by atoms with Gasteiger partial charge in [-0.25, -0.2) is 10.6 Å². The maximum atomic E-state index is 12.5. The molecule has 0 aromatic heterocycles. The van der Waals surface area contributed by atoms with Gasteiger partial charge in [-0.1, -0.05) is 11.6 Å². The van der Waals surface area contributed by atoms with Crippen molar-refractivity contribution < 1.29 is 24.6 Å². The Hall–Kier alpha value is -3.08. The highest BCUT2D eigenvalue weighted by Gasteiger charge is 2.56. The molecule has 34 heavy (non-hydrogen) atoms. The van der Waals surface area contributed by atoms with Crippen molar-refractivity contribution in [3.8, 4) is 0 Å². The first-order chi connectivity index (χ1) is 16.1. The van der Waals surface area contributed by atoms with Crippen molar-refractivity contribution in [2.75, 3.05) is 24.6 Å². The van der Waals surface area contributed by atoms with Crippen LogP contribution in [0.2, 0.25) is 5.02 Å². The molecule has 2 amide bonds. The number of hydrogen-bond donors (Lipinski definition) is 4. The summed E-state index contributed by atoms with van der Waals surface area (Å²) in [5.74, 6) is 3.84. The van der Waals surface area contributed by atoms with E-state index in [0.29, 0.717) is 34.9 Å². The highest BCUT2D eigenvalue weighted by Crippen LogP contribution is 2.47. The quantitative estimate of drug-likeness (QED) is 0.218. The van der Waals surface area contributed by atoms with Gasteiger partial charge in [0.2, 0.25) is 11.8 Å². The molecule has 3 atom stereocenters. The van der Waals surface area contributed by atoms with E-state index in [1.165, 1.54) is 29.2 Å². The lowest BCUT2D eigenvalue weighted by atomic mass is 9.82. The van der Waals surface area contributed by atoms with Crippen LogP contribution in [0.25, 0.3) is 5.57 Å². The second kappa shape index (κ2) is 10.5. The van der Waals surface area contributed by atoms with E-state index in [4.69, 9.17) is 17.4 Å². The van der Waals surface area contributed by atoms with Gasteiger partial charge in [-0.3, -0.25) is 14.6 Å². The minimum absolute atomic E-state index is 0.0349. The molecular weight excluding hydrogens is 462 g/mol. The fraction of sp³-hybridized carbons (Fsp3) is 0.435. The molecular formula is C23H30ClN5O5. The van der Waals surface area contributed by atoms with Crippen LogP contribution in [-0.4, -0.2) is 69.6 Å². The number of amides is 2. The lowest BCUT2D eigenvalue weighted by Gasteiger charge is -2.44. The number of aliphatic hydroxyl groups excluding tert-OH is 1. The number of hydrazine groups is 1. The SMILES string of the molecule is CCN(CC)C(=O)CN/C=C\N(N)c1cc(Cl)cc(C2=C(C(=O)O)N3C(=O)C([C@@H](C)O)C3C2)c1. The summed E-state index contributed by atoms with van der Waals surface area (Å²) < 4.78 is 0. The van der Waals surface area contributed by atoms with E-state index in [1.54, 1.807) is 23.1 Å². The van der Waals surface area contributed by atoms with Crippen LogP contribution in [0.5, 0.6) is 0 Å². The lowest BCUT2D eigenvalue weighted by molar-refractivity contribution is -0.161. The number of rotatable bonds is 10. The summed E-state index contributed by atoms with van der Waals surface area (Å²) in [5, 5.41) is 24.2. The number of aliphatic hydroxyl groups is 1. The van der Waals surface area contributed by atoms with E-state index >= 15 is 0 Å². The largest absolute Gasteiger partial charge is 0.477 e. The van der Waals surface area contributed by atoms with Gasteiger partial charge in [-0.2, -0.15) is 0 Å². The number of likely N-dealkylation sites (N-methyl/N-ethyl adjacent to an activating group) is 1. The molecule has 1 fully saturated rings. The van der Waals surface area contributed by atoms with Crippen molar-refractivity contribution >= 4 is 40.6 Å². The maximum Gasteiger partial charge on any atom is 0.352 e. The number of carboxylic acid groups (broad SMARTS) is 1. The third-order valence-corrected chi connectivity index (χ3v) is 6.40. The molecule has 1 aromatic rings. The summed E-state index contributed by atoms with van der Waals surface area (Å²) >= 11 is 6.30. The molecule has 3 rings (SSSR count). The number of nitrogens with two attached hydrogens (primary N) is 1. The van der Waals surface area contributed by atoms with E-state index in [9.17, 15) is 24.6 Å². The van der Waals surface area contributed by atoms with Crippen molar-refractivity contribution in [3.05, 3.63) is 46.9 Å². The molecule has 0 bridgehead atoms. The topological polar surface area (TPSA) is 139 Å². The normalized spacial score (nSPS) is 20.3. The van der Waals surface area contributed by atoms with E-state index < -0.39 is 29.9 Å². The molecule has 0 radical (unpaired) electrons. The van der Waals surface area contributed by atoms with Gasteiger partial charge in [0.15, 0.2) is 0 Å². The van der Waals surface area contributed by atoms with Crippen molar-refractivity contribution in [2.24, 2.45) is 11.8 Å². The molecule has 2 unspecified atom stereocenters. The first-order valence-corrected chi connectivity index (χ1v) is 11.5. The van der Waals surface area contributed by atoms with Crippen molar-refractivity contribution in [3.63, 3.8) is 0 Å². The molecule has 11 heteroatoms. The zero-order valence-corrected chi connectivity index (χ0v) is 20.1. The van der Waals surface area contributed by atoms with Crippen molar-refractivity contribution in [1.82, 2.24) is 15.1 Å². The summed E-state index contributed by atoms with van der Waals surface area (Å²) in [6.45, 7) is 6.73. The molecule has 184 valence electrons. The molecule has 2 aliphatic rings. The number of β-lactam (4-membered cyclic amide) rings is 1. The fourth-order valence-electron chi connectivity index (χ4n) is 4.48. The summed E-state index contributed by atoms with van der Waals surface area (Å²) in [6, 6.07) is 4.52. The van der Waals surface area contributed by atoms with Crippen LogP contribution < -0.4 is 16.2 Å². The molecule has 1 aromatic carbocycles. The number of halogens is 1. The van der Waals surface area contributed by atoms with Crippen molar-refractivity contribution in [2.45, 2.75) is 39.3 Å². The fourth-order valence-corrected chi connectivity index (χ4v) is 4.71. The van der Waals surface area contributed by atoms with E-state index in [2.05, 4.69) is 5.32 Å². The Morgan fingerprint density at radius 2 is 2.00 bits per heavy atom. The zero-order valence-electron chi connectivity index (χ0n) is 19.4. The van der Waals surface area contributed by atoms with Crippen molar-refractivity contribution in [1.29, 1.82) is 0 Å². The number of hydrogen-bond acceptors (Lipinski definition) is 7. The van der Waals surface area contributed by atoms with Crippen LogP contribution in [0.15, 0.2) is 36.3 Å². The Balaban J connectivity index is 1.79. The second-order valence-corrected chi connectivity index (χ2v) is 8.68. The minimum atomic E-state index is -1.22. The Morgan fingerprint density at radius 3 is 2.59 bits per heavy atom. The summed E-state index contributed by atoms with van der Waals surface area (Å²) in [4.78, 5) is 39.5. The predicted molar refractivity (Wildman–Crippen MR) is 128 cm³/mol. The summed E-state index contributed by atoms with van der Waals surface area (Å²) in [5.41, 5.74) is 1.37. The number of anilines is 1. The predicted octanol–water partition coefficient (Wildman–Crippen LogP) is 1.36. The third kappa shape index (κ3) is 4.89. The van der Waals surface area contributed by atoms with Crippen LogP contribution >= 0.6 is 11.6 Å². The first kappa shape index (κ1) is 25.5. The Bertz CT molecular complexity index is 1040. The molecule has 0 saturated carbocycles. The van der Waals surface area contributed by atoms with Gasteiger partial charge in [0, 0.05) is 30.5 Å². The van der Waals surface area contributed by atoms with Gasteiger partial charge >= 0.3 is 5.97 Å². The number of nitrogens with one attached hydrogen (secondary N) is 1. The molecule has 10 nitrogen and oxygen atoms in total. The number of aliphatic carboxylic acids is 1. The van der Waals surface area contributed by atoms with E-state index in [1.807, 2.05) is 13.8 Å². The molecule has 2 aliphatic heterocycles. The van der Waals surface area contributed by atoms with Crippen LogP contribution in [-0.2, 0) is 14.4 Å². The van der Waals surface area contributed by atoms with E-state index in [-0.39, 0.29) is 24.6 Å². The van der Waals surface area contributed by atoms with Gasteiger partial charge in [0.05, 0.1) is 30.3 Å². The van der Waals surface area contributed by atoms with Gasteiger partial charge < -0.3 is 25.3 Å². The molecule has 0 aliphatic carbocycles. The number of nitrogens with zero attached hydrogens (tertiary/aromatic N) is 3. The van der Waals surface area contributed by atoms with Gasteiger partial charge in [0.25, 0.3) is 0 Å². The number of fused-ring (bicyclic) bond motifs is 1. The molecule has 5 N–H and O–H groups in total. The van der Waals surface area contributed by atoms with Crippen LogP contribution in [0.4, 0.5) is 5.69 Å². The lowest BCUT2D eigenvalue weighted by Crippen LogP contribution is -2.61. The monoisotopic (exact) mass is 491 g/mol. The minimum Gasteiger partial charge on any atom is -0.477 e. The number of carbonyl (C=O) groups excluding carboxylic acids is 2. The Morgan fingerprint density at radius 1 is 1.32 bits per heavy atom. The Labute approximate surface area is 203 Å². The zero-order chi connectivity index (χ0) is 25.2. The second-order valence-electron chi connectivity index (χ2n) is 8.25. The highest BCUT2D eigenvalue weighted by molar-refractivity contribution is 6.31. The smallest absolute Gasteiger partial charge is 0.352 e. The maximum absolute atomic E-state index is 12.5. The molecule has 0 spiro atoms. The highest BCUT2D eigenvalue weighted by atomic mass is 35.5. The average Bonchev–Trinajstić information content (AvgIpc) is 3.12. The molecule has 2 heterocycles. The van der Waals surface area contributed by atoms with E-state index in [0.717, 1.165) is 0 Å². The number of carboxylic acids is 1. The third-order valence-electron chi connectivity index (χ3n) is 6.18. The number of benzene rings is 1. The van der Waals surface area contributed by atoms with Gasteiger partial charge in [-0.15, -0.1) is 0 Å². The summed E-state index contributed by atoms with van der Waals surface area (Å²) in [7, 11) is 0.